The van der Waals surface area contributed by atoms with Gasteiger partial charge in [0.2, 0.25) is 0 Å². The first-order chi connectivity index (χ1) is 11.6. The van der Waals surface area contributed by atoms with Crippen molar-refractivity contribution in [2.24, 2.45) is 5.10 Å². The molecule has 5 heteroatoms. The Balaban J connectivity index is 1.55. The third-order valence-electron chi connectivity index (χ3n) is 3.84. The van der Waals surface area contributed by atoms with Crippen molar-refractivity contribution in [1.82, 2.24) is 10.4 Å². The van der Waals surface area contributed by atoms with E-state index in [0.29, 0.717) is 0 Å². The van der Waals surface area contributed by atoms with Gasteiger partial charge in [-0.3, -0.25) is 4.79 Å². The topological polar surface area (TPSA) is 69.3 Å². The Hall–Kier alpha value is -3.08. The van der Waals surface area contributed by atoms with Gasteiger partial charge in [-0.15, -0.1) is 0 Å². The number of carbonyl (C=O) groups is 1. The maximum absolute atomic E-state index is 11.9. The summed E-state index contributed by atoms with van der Waals surface area (Å²) in [7, 11) is 0. The predicted molar refractivity (Wildman–Crippen MR) is 98.4 cm³/mol. The molecule has 0 fully saturated rings. The van der Waals surface area contributed by atoms with Crippen molar-refractivity contribution in [2.45, 2.75) is 13.8 Å². The molecule has 3 aromatic rings. The van der Waals surface area contributed by atoms with Crippen LogP contribution in [0.1, 0.15) is 16.7 Å². The minimum Gasteiger partial charge on any atom is -0.376 e. The van der Waals surface area contributed by atoms with Gasteiger partial charge in [0.05, 0.1) is 12.8 Å². The molecule has 0 bridgehead atoms. The fourth-order valence-corrected chi connectivity index (χ4v) is 2.60. The fraction of sp³-hybridized carbons (Fsp3) is 0.158. The van der Waals surface area contributed by atoms with E-state index in [-0.39, 0.29) is 12.5 Å². The standard InChI is InChI=1S/C19H20N4O/c1-13-7-8-17(14(2)9-13)21-12-19(24)23-22-11-15-10-20-18-6-4-3-5-16(15)18/h3-11,20-21H,12H2,1-2H3,(H,23,24). The second kappa shape index (κ2) is 7.00. The number of hydrazone groups is 1. The number of aromatic nitrogens is 1. The molecule has 0 saturated heterocycles. The molecule has 0 spiro atoms. The summed E-state index contributed by atoms with van der Waals surface area (Å²) in [5.41, 5.74) is 7.79. The molecule has 0 unspecified atom stereocenters. The first kappa shape index (κ1) is 15.8. The zero-order chi connectivity index (χ0) is 16.9. The summed E-state index contributed by atoms with van der Waals surface area (Å²) in [5.74, 6) is -0.189. The summed E-state index contributed by atoms with van der Waals surface area (Å²) in [5, 5.41) is 8.22. The molecule has 0 aliphatic heterocycles. The summed E-state index contributed by atoms with van der Waals surface area (Å²) in [6.07, 6.45) is 3.52. The maximum Gasteiger partial charge on any atom is 0.259 e. The number of hydrogen-bond donors (Lipinski definition) is 3. The highest BCUT2D eigenvalue weighted by Crippen LogP contribution is 2.16. The number of rotatable bonds is 5. The van der Waals surface area contributed by atoms with E-state index < -0.39 is 0 Å². The van der Waals surface area contributed by atoms with E-state index in [9.17, 15) is 4.79 Å². The molecule has 122 valence electrons. The summed E-state index contributed by atoms with van der Waals surface area (Å²) in [6.45, 7) is 4.24. The fourth-order valence-electron chi connectivity index (χ4n) is 2.60. The van der Waals surface area contributed by atoms with Crippen LogP contribution in [0, 0.1) is 13.8 Å². The predicted octanol–water partition coefficient (Wildman–Crippen LogP) is 3.35. The molecular weight excluding hydrogens is 300 g/mol. The summed E-state index contributed by atoms with van der Waals surface area (Å²) >= 11 is 0. The van der Waals surface area contributed by atoms with E-state index >= 15 is 0 Å². The Morgan fingerprint density at radius 1 is 1.21 bits per heavy atom. The monoisotopic (exact) mass is 320 g/mol. The molecule has 0 atom stereocenters. The number of para-hydroxylation sites is 1. The molecule has 3 N–H and O–H groups in total. The van der Waals surface area contributed by atoms with Crippen molar-refractivity contribution in [1.29, 1.82) is 0 Å². The van der Waals surface area contributed by atoms with Gasteiger partial charge in [0.15, 0.2) is 0 Å². The number of carbonyl (C=O) groups excluding carboxylic acids is 1. The summed E-state index contributed by atoms with van der Waals surface area (Å²) in [4.78, 5) is 15.1. The van der Waals surface area contributed by atoms with Crippen LogP contribution in [-0.2, 0) is 4.79 Å². The Morgan fingerprint density at radius 3 is 2.88 bits per heavy atom. The number of aromatic amines is 1. The largest absolute Gasteiger partial charge is 0.376 e. The molecule has 5 nitrogen and oxygen atoms in total. The van der Waals surface area contributed by atoms with Gasteiger partial charge < -0.3 is 10.3 Å². The first-order valence-electron chi connectivity index (χ1n) is 7.82. The number of amides is 1. The molecule has 24 heavy (non-hydrogen) atoms. The minimum atomic E-state index is -0.189. The lowest BCUT2D eigenvalue weighted by Crippen LogP contribution is -2.26. The van der Waals surface area contributed by atoms with E-state index in [4.69, 9.17) is 0 Å². The summed E-state index contributed by atoms with van der Waals surface area (Å²) < 4.78 is 0. The van der Waals surface area contributed by atoms with Crippen molar-refractivity contribution in [3.05, 3.63) is 65.4 Å². The van der Waals surface area contributed by atoms with E-state index in [2.05, 4.69) is 26.9 Å². The van der Waals surface area contributed by atoms with Crippen molar-refractivity contribution in [2.75, 3.05) is 11.9 Å². The molecule has 1 heterocycles. The Morgan fingerprint density at radius 2 is 2.04 bits per heavy atom. The number of anilines is 1. The molecule has 1 aromatic heterocycles. The van der Waals surface area contributed by atoms with Gasteiger partial charge >= 0.3 is 0 Å². The van der Waals surface area contributed by atoms with Crippen molar-refractivity contribution in [3.63, 3.8) is 0 Å². The highest BCUT2D eigenvalue weighted by Gasteiger charge is 2.03. The smallest absolute Gasteiger partial charge is 0.259 e. The maximum atomic E-state index is 11.9. The van der Waals surface area contributed by atoms with Crippen molar-refractivity contribution in [3.8, 4) is 0 Å². The van der Waals surface area contributed by atoms with Crippen LogP contribution in [0.3, 0.4) is 0 Å². The molecule has 0 radical (unpaired) electrons. The molecule has 0 saturated carbocycles. The van der Waals surface area contributed by atoms with Gasteiger partial charge in [0.1, 0.15) is 0 Å². The van der Waals surface area contributed by atoms with Crippen molar-refractivity contribution >= 4 is 28.7 Å². The van der Waals surface area contributed by atoms with Crippen LogP contribution in [0.15, 0.2) is 53.8 Å². The third kappa shape index (κ3) is 3.63. The lowest BCUT2D eigenvalue weighted by molar-refractivity contribution is -0.119. The van der Waals surface area contributed by atoms with Gasteiger partial charge in [-0.2, -0.15) is 5.10 Å². The summed E-state index contributed by atoms with van der Waals surface area (Å²) in [6, 6.07) is 14.0. The molecule has 0 aliphatic carbocycles. The number of aryl methyl sites for hydroxylation is 2. The van der Waals surface area contributed by atoms with Gasteiger partial charge in [0.25, 0.3) is 5.91 Å². The second-order valence-electron chi connectivity index (χ2n) is 5.75. The molecule has 3 rings (SSSR count). The van der Waals surface area contributed by atoms with Crippen LogP contribution < -0.4 is 10.7 Å². The van der Waals surface area contributed by atoms with Crippen LogP contribution in [0.2, 0.25) is 0 Å². The highest BCUT2D eigenvalue weighted by molar-refractivity contribution is 5.99. The third-order valence-corrected chi connectivity index (χ3v) is 3.84. The number of hydrogen-bond acceptors (Lipinski definition) is 3. The number of benzene rings is 2. The SMILES string of the molecule is Cc1ccc(NCC(=O)NN=Cc2c[nH]c3ccccc23)c(C)c1. The zero-order valence-electron chi connectivity index (χ0n) is 13.8. The highest BCUT2D eigenvalue weighted by atomic mass is 16.2. The average molecular weight is 320 g/mol. The minimum absolute atomic E-state index is 0.176. The van der Waals surface area contributed by atoms with E-state index in [1.807, 2.05) is 56.4 Å². The first-order valence-corrected chi connectivity index (χ1v) is 7.82. The van der Waals surface area contributed by atoms with Crippen LogP contribution >= 0.6 is 0 Å². The van der Waals surface area contributed by atoms with Crippen LogP contribution in [0.25, 0.3) is 10.9 Å². The Bertz CT molecular complexity index is 895. The number of fused-ring (bicyclic) bond motifs is 1. The van der Waals surface area contributed by atoms with Gasteiger partial charge in [-0.05, 0) is 31.5 Å². The zero-order valence-corrected chi connectivity index (χ0v) is 13.8. The van der Waals surface area contributed by atoms with Gasteiger partial charge in [-0.1, -0.05) is 35.9 Å². The molecular formula is C19H20N4O. The average Bonchev–Trinajstić information content (AvgIpc) is 2.97. The lowest BCUT2D eigenvalue weighted by Gasteiger charge is -2.09. The Kier molecular flexibility index (Phi) is 4.61. The van der Waals surface area contributed by atoms with Crippen LogP contribution in [0.4, 0.5) is 5.69 Å². The quantitative estimate of drug-likeness (QED) is 0.498. The molecule has 2 aromatic carbocycles. The van der Waals surface area contributed by atoms with Crippen LogP contribution in [0.5, 0.6) is 0 Å². The number of nitrogens with one attached hydrogen (secondary N) is 3. The van der Waals surface area contributed by atoms with Gasteiger partial charge in [0, 0.05) is 28.4 Å². The number of nitrogens with zero attached hydrogens (tertiary/aromatic N) is 1. The normalized spacial score (nSPS) is 11.1. The second-order valence-corrected chi connectivity index (χ2v) is 5.75. The Labute approximate surface area is 140 Å². The number of H-pyrrole nitrogens is 1. The van der Waals surface area contributed by atoms with Crippen LogP contribution in [-0.4, -0.2) is 23.7 Å². The van der Waals surface area contributed by atoms with Crippen molar-refractivity contribution < 1.29 is 4.79 Å². The molecule has 1 amide bonds. The molecule has 0 aliphatic rings. The van der Waals surface area contributed by atoms with E-state index in [1.165, 1.54) is 5.56 Å². The lowest BCUT2D eigenvalue weighted by atomic mass is 10.1. The van der Waals surface area contributed by atoms with E-state index in [0.717, 1.165) is 27.7 Å². The van der Waals surface area contributed by atoms with E-state index in [1.54, 1.807) is 6.21 Å². The van der Waals surface area contributed by atoms with Gasteiger partial charge in [-0.25, -0.2) is 5.43 Å².